The lowest BCUT2D eigenvalue weighted by Gasteiger charge is -2.38. The number of rotatable bonds is 9. The smallest absolute Gasteiger partial charge is 0.211 e. The third-order valence-electron chi connectivity index (χ3n) is 5.77. The molecule has 1 fully saturated rings. The number of anilines is 1. The molecule has 1 atom stereocenters. The summed E-state index contributed by atoms with van der Waals surface area (Å²) in [5, 5.41) is 0. The normalized spacial score (nSPS) is 17.0. The van der Waals surface area contributed by atoms with Crippen molar-refractivity contribution in [3.63, 3.8) is 0 Å². The first kappa shape index (κ1) is 22.7. The Labute approximate surface area is 181 Å². The Morgan fingerprint density at radius 1 is 0.967 bits per heavy atom. The van der Waals surface area contributed by atoms with Gasteiger partial charge in [0.2, 0.25) is 10.0 Å². The van der Waals surface area contributed by atoms with Crippen molar-refractivity contribution >= 4 is 15.7 Å². The Kier molecular flexibility index (Phi) is 7.88. The molecule has 1 aliphatic rings. The number of nitrogens with zero attached hydrogens (tertiary/aromatic N) is 3. The zero-order chi connectivity index (χ0) is 21.6. The van der Waals surface area contributed by atoms with E-state index in [0.29, 0.717) is 13.0 Å². The number of aryl methyl sites for hydroxylation is 1. The van der Waals surface area contributed by atoms with E-state index in [1.54, 1.807) is 0 Å². The van der Waals surface area contributed by atoms with E-state index in [-0.39, 0.29) is 11.8 Å². The van der Waals surface area contributed by atoms with Crippen LogP contribution < -0.4 is 9.62 Å². The predicted molar refractivity (Wildman–Crippen MR) is 125 cm³/mol. The molecule has 1 unspecified atom stereocenters. The highest BCUT2D eigenvalue weighted by molar-refractivity contribution is 7.89. The van der Waals surface area contributed by atoms with Crippen LogP contribution in [0.3, 0.4) is 0 Å². The van der Waals surface area contributed by atoms with Crippen LogP contribution in [-0.4, -0.2) is 77.8 Å². The molecule has 1 aliphatic heterocycles. The number of piperazine rings is 1. The van der Waals surface area contributed by atoms with Crippen molar-refractivity contribution < 1.29 is 8.42 Å². The minimum absolute atomic E-state index is 0.0291. The van der Waals surface area contributed by atoms with E-state index in [2.05, 4.69) is 50.7 Å². The topological polar surface area (TPSA) is 55.9 Å². The fraction of sp³-hybridized carbons (Fsp3) is 0.478. The van der Waals surface area contributed by atoms with Gasteiger partial charge in [-0.1, -0.05) is 42.5 Å². The molecule has 7 heteroatoms. The van der Waals surface area contributed by atoms with E-state index >= 15 is 0 Å². The fourth-order valence-corrected chi connectivity index (χ4v) is 4.82. The van der Waals surface area contributed by atoms with Gasteiger partial charge in [-0.05, 0) is 36.7 Å². The second kappa shape index (κ2) is 10.4. The van der Waals surface area contributed by atoms with E-state index in [0.717, 1.165) is 43.0 Å². The third-order valence-corrected chi connectivity index (χ3v) is 7.12. The number of hydrogen-bond acceptors (Lipinski definition) is 5. The lowest BCUT2D eigenvalue weighted by molar-refractivity contribution is 0.113. The Hall–Kier alpha value is -1.93. The molecular weight excluding hydrogens is 396 g/mol. The van der Waals surface area contributed by atoms with E-state index in [9.17, 15) is 8.42 Å². The molecule has 164 valence electrons. The van der Waals surface area contributed by atoms with E-state index in [1.165, 1.54) is 0 Å². The molecule has 2 aromatic carbocycles. The van der Waals surface area contributed by atoms with Crippen molar-refractivity contribution in [3.8, 4) is 0 Å². The second-order valence-electron chi connectivity index (χ2n) is 8.24. The van der Waals surface area contributed by atoms with Gasteiger partial charge in [-0.3, -0.25) is 4.90 Å². The van der Waals surface area contributed by atoms with Crippen LogP contribution in [0.2, 0.25) is 0 Å². The van der Waals surface area contributed by atoms with Crippen molar-refractivity contribution in [2.45, 2.75) is 12.5 Å². The van der Waals surface area contributed by atoms with Gasteiger partial charge in [-0.15, -0.1) is 0 Å². The van der Waals surface area contributed by atoms with Crippen molar-refractivity contribution in [2.24, 2.45) is 0 Å². The van der Waals surface area contributed by atoms with E-state index in [1.807, 2.05) is 44.4 Å². The highest BCUT2D eigenvalue weighted by atomic mass is 32.2. The SMILES string of the molecule is CN1CCN(C(CNS(=O)(=O)CCc2ccccc2)c2ccc(N(C)C)cc2)CC1. The lowest BCUT2D eigenvalue weighted by atomic mass is 10.0. The molecule has 0 saturated carbocycles. The van der Waals surface area contributed by atoms with Crippen LogP contribution in [0.25, 0.3) is 0 Å². The maximum absolute atomic E-state index is 12.7. The first-order valence-corrected chi connectivity index (χ1v) is 12.2. The average molecular weight is 431 g/mol. The van der Waals surface area contributed by atoms with Crippen LogP contribution in [0.5, 0.6) is 0 Å². The zero-order valence-electron chi connectivity index (χ0n) is 18.3. The first-order chi connectivity index (χ1) is 14.3. The molecule has 0 bridgehead atoms. The molecule has 0 aliphatic carbocycles. The van der Waals surface area contributed by atoms with Crippen LogP contribution in [-0.2, 0) is 16.4 Å². The molecular formula is C23H34N4O2S. The van der Waals surface area contributed by atoms with Crippen molar-refractivity contribution in [1.82, 2.24) is 14.5 Å². The molecule has 1 N–H and O–H groups in total. The third kappa shape index (κ3) is 6.54. The van der Waals surface area contributed by atoms with Crippen molar-refractivity contribution in [2.75, 3.05) is 64.5 Å². The summed E-state index contributed by atoms with van der Waals surface area (Å²) < 4.78 is 28.2. The predicted octanol–water partition coefficient (Wildman–Crippen LogP) is 2.20. The Morgan fingerprint density at radius 2 is 1.60 bits per heavy atom. The Morgan fingerprint density at radius 3 is 2.20 bits per heavy atom. The second-order valence-corrected chi connectivity index (χ2v) is 10.2. The van der Waals surface area contributed by atoms with Crippen molar-refractivity contribution in [3.05, 3.63) is 65.7 Å². The van der Waals surface area contributed by atoms with Crippen LogP contribution >= 0.6 is 0 Å². The summed E-state index contributed by atoms with van der Waals surface area (Å²) in [4.78, 5) is 6.78. The minimum Gasteiger partial charge on any atom is -0.378 e. The molecule has 0 radical (unpaired) electrons. The van der Waals surface area contributed by atoms with Gasteiger partial charge in [0.1, 0.15) is 0 Å². The summed E-state index contributed by atoms with van der Waals surface area (Å²) in [6.07, 6.45) is 0.521. The summed E-state index contributed by atoms with van der Waals surface area (Å²) in [7, 11) is 2.82. The maximum Gasteiger partial charge on any atom is 0.211 e. The number of sulfonamides is 1. The van der Waals surface area contributed by atoms with Gasteiger partial charge in [0, 0.05) is 58.5 Å². The molecule has 0 spiro atoms. The Balaban J connectivity index is 1.68. The van der Waals surface area contributed by atoms with Gasteiger partial charge in [0.05, 0.1) is 5.75 Å². The molecule has 0 amide bonds. The van der Waals surface area contributed by atoms with Crippen LogP contribution in [0.4, 0.5) is 5.69 Å². The first-order valence-electron chi connectivity index (χ1n) is 10.6. The minimum atomic E-state index is -3.35. The molecule has 1 heterocycles. The number of hydrogen-bond donors (Lipinski definition) is 1. The van der Waals surface area contributed by atoms with E-state index in [4.69, 9.17) is 0 Å². The van der Waals surface area contributed by atoms with Crippen LogP contribution in [0.1, 0.15) is 17.2 Å². The average Bonchev–Trinajstić information content (AvgIpc) is 2.75. The van der Waals surface area contributed by atoms with Gasteiger partial charge in [-0.25, -0.2) is 13.1 Å². The summed E-state index contributed by atoms with van der Waals surface area (Å²) in [5.74, 6) is 0.103. The van der Waals surface area contributed by atoms with Crippen molar-refractivity contribution in [1.29, 1.82) is 0 Å². The van der Waals surface area contributed by atoms with E-state index < -0.39 is 10.0 Å². The summed E-state index contributed by atoms with van der Waals surface area (Å²) in [5.41, 5.74) is 3.33. The number of likely N-dealkylation sites (N-methyl/N-ethyl adjacent to an activating group) is 1. The summed E-state index contributed by atoms with van der Waals surface area (Å²) in [6, 6.07) is 18.2. The largest absolute Gasteiger partial charge is 0.378 e. The van der Waals surface area contributed by atoms with Crippen LogP contribution in [0, 0.1) is 0 Å². The lowest BCUT2D eigenvalue weighted by Crippen LogP contribution is -2.48. The fourth-order valence-electron chi connectivity index (χ4n) is 3.76. The number of nitrogens with one attached hydrogen (secondary N) is 1. The zero-order valence-corrected chi connectivity index (χ0v) is 19.1. The highest BCUT2D eigenvalue weighted by Gasteiger charge is 2.25. The van der Waals surface area contributed by atoms with Gasteiger partial charge in [0.15, 0.2) is 0 Å². The summed E-state index contributed by atoms with van der Waals surface area (Å²) >= 11 is 0. The molecule has 6 nitrogen and oxygen atoms in total. The van der Waals surface area contributed by atoms with Gasteiger partial charge >= 0.3 is 0 Å². The maximum atomic E-state index is 12.7. The van der Waals surface area contributed by atoms with Gasteiger partial charge in [0.25, 0.3) is 0 Å². The number of benzene rings is 2. The highest BCUT2D eigenvalue weighted by Crippen LogP contribution is 2.24. The molecule has 0 aromatic heterocycles. The molecule has 1 saturated heterocycles. The molecule has 2 aromatic rings. The van der Waals surface area contributed by atoms with Gasteiger partial charge in [-0.2, -0.15) is 0 Å². The summed E-state index contributed by atoms with van der Waals surface area (Å²) in [6.45, 7) is 4.24. The Bertz CT molecular complexity index is 877. The molecule has 30 heavy (non-hydrogen) atoms. The quantitative estimate of drug-likeness (QED) is 0.661. The molecule has 3 rings (SSSR count). The van der Waals surface area contributed by atoms with Crippen LogP contribution in [0.15, 0.2) is 54.6 Å². The standard InChI is InChI=1S/C23H34N4O2S/c1-25(2)22-11-9-21(10-12-22)23(27-16-14-26(3)15-17-27)19-24-30(28,29)18-13-20-7-5-4-6-8-20/h4-12,23-24H,13-19H2,1-3H3. The van der Waals surface area contributed by atoms with Gasteiger partial charge < -0.3 is 9.80 Å². The monoisotopic (exact) mass is 430 g/mol.